The van der Waals surface area contributed by atoms with Crippen molar-refractivity contribution in [3.8, 4) is 0 Å². The molecule has 0 aromatic heterocycles. The van der Waals surface area contributed by atoms with Gasteiger partial charge in [-0.2, -0.15) is 0 Å². The number of hydrazine groups is 1. The predicted molar refractivity (Wildman–Crippen MR) is 74.4 cm³/mol. The largest absolute Gasteiger partial charge is 0.383 e. The molecule has 5 nitrogen and oxygen atoms in total. The number of guanidine groups is 1. The van der Waals surface area contributed by atoms with E-state index in [0.29, 0.717) is 24.1 Å². The molecule has 1 rings (SSSR count). The summed E-state index contributed by atoms with van der Waals surface area (Å²) in [6.45, 7) is 3.07. The lowest BCUT2D eigenvalue weighted by atomic mass is 10.2. The Morgan fingerprint density at radius 2 is 2.33 bits per heavy atom. The molecule has 0 heterocycles. The summed E-state index contributed by atoms with van der Waals surface area (Å²) in [5.41, 5.74) is 3.55. The van der Waals surface area contributed by atoms with E-state index in [1.807, 2.05) is 31.2 Å². The van der Waals surface area contributed by atoms with Gasteiger partial charge in [0.05, 0.1) is 13.2 Å². The number of ether oxygens (including phenoxy) is 1. The van der Waals surface area contributed by atoms with E-state index in [4.69, 9.17) is 22.2 Å². The first-order valence-corrected chi connectivity index (χ1v) is 6.04. The Bertz CT molecular complexity index is 397. The Labute approximate surface area is 112 Å². The van der Waals surface area contributed by atoms with Crippen LogP contribution in [0.3, 0.4) is 0 Å². The number of rotatable bonds is 5. The maximum Gasteiger partial charge on any atom is 0.206 e. The number of nitrogens with two attached hydrogens (primary N) is 1. The Hall–Kier alpha value is -1.30. The highest BCUT2D eigenvalue weighted by atomic mass is 35.5. The van der Waals surface area contributed by atoms with Crippen LogP contribution < -0.4 is 16.6 Å². The van der Waals surface area contributed by atoms with Crippen LogP contribution >= 0.6 is 11.6 Å². The number of aliphatic imine (C=N–C) groups is 1. The van der Waals surface area contributed by atoms with Crippen LogP contribution in [0.2, 0.25) is 5.02 Å². The number of hydrogen-bond acceptors (Lipinski definition) is 3. The van der Waals surface area contributed by atoms with E-state index in [2.05, 4.69) is 15.7 Å². The normalized spacial score (nSPS) is 13.2. The maximum atomic E-state index is 5.90. The van der Waals surface area contributed by atoms with Crippen LogP contribution in [0.5, 0.6) is 0 Å². The minimum Gasteiger partial charge on any atom is -0.383 e. The molecule has 0 amide bonds. The minimum atomic E-state index is 0.129. The third kappa shape index (κ3) is 5.35. The second-order valence-corrected chi connectivity index (χ2v) is 4.38. The van der Waals surface area contributed by atoms with Gasteiger partial charge in [-0.3, -0.25) is 5.43 Å². The maximum absolute atomic E-state index is 5.90. The average Bonchev–Trinajstić information content (AvgIpc) is 2.35. The van der Waals surface area contributed by atoms with Gasteiger partial charge in [-0.15, -0.1) is 0 Å². The molecule has 0 radical (unpaired) electrons. The van der Waals surface area contributed by atoms with Crippen molar-refractivity contribution in [2.24, 2.45) is 10.8 Å². The molecule has 6 heteroatoms. The molecule has 0 aliphatic rings. The Kier molecular flexibility index (Phi) is 6.49. The summed E-state index contributed by atoms with van der Waals surface area (Å²) in [5, 5.41) is 3.81. The van der Waals surface area contributed by atoms with Gasteiger partial charge < -0.3 is 10.1 Å². The van der Waals surface area contributed by atoms with Crippen LogP contribution in [0.25, 0.3) is 0 Å². The summed E-state index contributed by atoms with van der Waals surface area (Å²) in [6, 6.07) is 7.68. The number of methoxy groups -OCH3 is 1. The molecule has 4 N–H and O–H groups in total. The van der Waals surface area contributed by atoms with Crippen molar-refractivity contribution in [3.05, 3.63) is 34.9 Å². The Balaban J connectivity index is 2.57. The molecule has 0 fully saturated rings. The fraction of sp³-hybridized carbons (Fsp3) is 0.417. The predicted octanol–water partition coefficient (Wildman–Crippen LogP) is 1.28. The highest BCUT2D eigenvalue weighted by molar-refractivity contribution is 6.30. The summed E-state index contributed by atoms with van der Waals surface area (Å²) in [4.78, 5) is 4.33. The first-order chi connectivity index (χ1) is 8.65. The summed E-state index contributed by atoms with van der Waals surface area (Å²) >= 11 is 5.90. The van der Waals surface area contributed by atoms with E-state index in [1.165, 1.54) is 0 Å². The molecule has 1 aromatic rings. The van der Waals surface area contributed by atoms with E-state index < -0.39 is 0 Å². The zero-order valence-electron chi connectivity index (χ0n) is 10.6. The fourth-order valence-electron chi connectivity index (χ4n) is 1.46. The molecule has 1 atom stereocenters. The van der Waals surface area contributed by atoms with Gasteiger partial charge in [-0.05, 0) is 24.6 Å². The summed E-state index contributed by atoms with van der Waals surface area (Å²) < 4.78 is 5.02. The van der Waals surface area contributed by atoms with Crippen molar-refractivity contribution < 1.29 is 4.74 Å². The molecule has 18 heavy (non-hydrogen) atoms. The van der Waals surface area contributed by atoms with Crippen molar-refractivity contribution in [1.29, 1.82) is 0 Å². The van der Waals surface area contributed by atoms with E-state index in [1.54, 1.807) is 7.11 Å². The first kappa shape index (κ1) is 14.8. The molecule has 0 aliphatic carbocycles. The second kappa shape index (κ2) is 7.92. The van der Waals surface area contributed by atoms with Crippen LogP contribution in [0.15, 0.2) is 29.3 Å². The van der Waals surface area contributed by atoms with E-state index in [0.717, 1.165) is 5.56 Å². The van der Waals surface area contributed by atoms with Crippen LogP contribution in [-0.2, 0) is 11.3 Å². The quantitative estimate of drug-likeness (QED) is 0.326. The number of nitrogens with one attached hydrogen (secondary N) is 2. The third-order valence-electron chi connectivity index (χ3n) is 2.25. The van der Waals surface area contributed by atoms with Gasteiger partial charge in [0, 0.05) is 18.2 Å². The van der Waals surface area contributed by atoms with Crippen molar-refractivity contribution in [3.63, 3.8) is 0 Å². The number of nitrogens with zero attached hydrogens (tertiary/aromatic N) is 1. The van der Waals surface area contributed by atoms with Crippen LogP contribution in [-0.4, -0.2) is 25.7 Å². The van der Waals surface area contributed by atoms with Crippen LogP contribution in [0, 0.1) is 0 Å². The topological polar surface area (TPSA) is 71.7 Å². The number of halogens is 1. The smallest absolute Gasteiger partial charge is 0.206 e. The zero-order chi connectivity index (χ0) is 13.4. The van der Waals surface area contributed by atoms with Crippen LogP contribution in [0.4, 0.5) is 0 Å². The molecule has 1 unspecified atom stereocenters. The van der Waals surface area contributed by atoms with Gasteiger partial charge in [-0.1, -0.05) is 23.7 Å². The standard InChI is InChI=1S/C12H19ClN4O/c1-9(8-18-2)16-12(17-14)15-7-10-4-3-5-11(13)6-10/h3-6,9H,7-8,14H2,1-2H3,(H2,15,16,17). The molecular formula is C12H19ClN4O. The van der Waals surface area contributed by atoms with Gasteiger partial charge in [-0.25, -0.2) is 10.8 Å². The molecule has 0 aliphatic heterocycles. The molecule has 0 spiro atoms. The van der Waals surface area contributed by atoms with Crippen molar-refractivity contribution in [2.75, 3.05) is 13.7 Å². The Morgan fingerprint density at radius 3 is 2.94 bits per heavy atom. The lowest BCUT2D eigenvalue weighted by Gasteiger charge is -2.15. The average molecular weight is 271 g/mol. The minimum absolute atomic E-state index is 0.129. The second-order valence-electron chi connectivity index (χ2n) is 3.94. The van der Waals surface area contributed by atoms with Gasteiger partial charge >= 0.3 is 0 Å². The van der Waals surface area contributed by atoms with Crippen LogP contribution in [0.1, 0.15) is 12.5 Å². The summed E-state index contributed by atoms with van der Waals surface area (Å²) in [6.07, 6.45) is 0. The van der Waals surface area contributed by atoms with Gasteiger partial charge in [0.15, 0.2) is 0 Å². The van der Waals surface area contributed by atoms with Gasteiger partial charge in [0.25, 0.3) is 0 Å². The first-order valence-electron chi connectivity index (χ1n) is 5.66. The molecule has 0 bridgehead atoms. The van der Waals surface area contributed by atoms with E-state index >= 15 is 0 Å². The molecular weight excluding hydrogens is 252 g/mol. The lowest BCUT2D eigenvalue weighted by Crippen LogP contribution is -2.46. The Morgan fingerprint density at radius 1 is 1.56 bits per heavy atom. The highest BCUT2D eigenvalue weighted by Crippen LogP contribution is 2.11. The molecule has 0 saturated carbocycles. The van der Waals surface area contributed by atoms with Crippen molar-refractivity contribution in [2.45, 2.75) is 19.5 Å². The van der Waals surface area contributed by atoms with Crippen molar-refractivity contribution in [1.82, 2.24) is 10.7 Å². The van der Waals surface area contributed by atoms with E-state index in [9.17, 15) is 0 Å². The summed E-state index contributed by atoms with van der Waals surface area (Å²) in [7, 11) is 1.65. The van der Waals surface area contributed by atoms with Gasteiger partial charge in [0.2, 0.25) is 5.96 Å². The SMILES string of the molecule is COCC(C)NC(=NCc1cccc(Cl)c1)NN. The van der Waals surface area contributed by atoms with Gasteiger partial charge in [0.1, 0.15) is 0 Å². The summed E-state index contributed by atoms with van der Waals surface area (Å²) in [5.74, 6) is 5.93. The van der Waals surface area contributed by atoms with E-state index in [-0.39, 0.29) is 6.04 Å². The molecule has 1 aromatic carbocycles. The third-order valence-corrected chi connectivity index (χ3v) is 2.48. The molecule has 0 saturated heterocycles. The molecule has 100 valence electrons. The van der Waals surface area contributed by atoms with Crippen molar-refractivity contribution >= 4 is 17.6 Å². The zero-order valence-corrected chi connectivity index (χ0v) is 11.4. The highest BCUT2D eigenvalue weighted by Gasteiger charge is 2.03. The lowest BCUT2D eigenvalue weighted by molar-refractivity contribution is 0.179. The fourth-order valence-corrected chi connectivity index (χ4v) is 1.68. The number of hydrogen-bond donors (Lipinski definition) is 3. The number of benzene rings is 1. The monoisotopic (exact) mass is 270 g/mol.